The lowest BCUT2D eigenvalue weighted by Gasteiger charge is -2.57. The van der Waals surface area contributed by atoms with E-state index in [0.29, 0.717) is 43.1 Å². The Morgan fingerprint density at radius 2 is 2.00 bits per heavy atom. The first kappa shape index (κ1) is 19.3. The number of piperidine rings is 1. The number of allylic oxidation sites excluding steroid dienone is 2. The summed E-state index contributed by atoms with van der Waals surface area (Å²) in [7, 11) is 0. The zero-order chi connectivity index (χ0) is 19.4. The predicted molar refractivity (Wildman–Crippen MR) is 105 cm³/mol. The molecule has 5 heteroatoms. The Morgan fingerprint density at radius 3 is 2.74 bits per heavy atom. The van der Waals surface area contributed by atoms with Gasteiger partial charge in [0, 0.05) is 29.0 Å². The van der Waals surface area contributed by atoms with Crippen LogP contribution < -0.4 is 5.32 Å². The van der Waals surface area contributed by atoms with Crippen LogP contribution in [-0.4, -0.2) is 18.5 Å². The third-order valence-corrected chi connectivity index (χ3v) is 8.91. The molecule has 0 aromatic heterocycles. The molecule has 3 fully saturated rings. The van der Waals surface area contributed by atoms with Gasteiger partial charge in [0.05, 0.1) is 6.61 Å². The molecule has 2 saturated carbocycles. The van der Waals surface area contributed by atoms with Crippen molar-refractivity contribution >= 4 is 23.5 Å². The minimum Gasteiger partial charge on any atom is -0.466 e. The Labute approximate surface area is 167 Å². The Hall–Kier alpha value is -1.03. The Kier molecular flexibility index (Phi) is 4.85. The standard InChI is InChI=1S/C22H32ClNO3/c1-4-27-19(26)11-13-5-6-15-14-12-17(23)20-22(3,10-8-18(25)24-20)16(14)7-9-21(13,15)2/h13-16H,4-12H2,1-3H3,(H,24,25). The molecular formula is C22H32ClNO3. The third kappa shape index (κ3) is 2.94. The van der Waals surface area contributed by atoms with Crippen molar-refractivity contribution in [2.45, 2.75) is 72.1 Å². The maximum absolute atomic E-state index is 12.1. The second kappa shape index (κ2) is 6.79. The molecule has 0 radical (unpaired) electrons. The van der Waals surface area contributed by atoms with Gasteiger partial charge in [-0.25, -0.2) is 0 Å². The first-order chi connectivity index (χ1) is 12.8. The highest BCUT2D eigenvalue weighted by Gasteiger charge is 2.59. The summed E-state index contributed by atoms with van der Waals surface area (Å²) in [5, 5.41) is 3.97. The first-order valence-electron chi connectivity index (χ1n) is 10.6. The Morgan fingerprint density at radius 1 is 1.22 bits per heavy atom. The molecule has 0 bridgehead atoms. The van der Waals surface area contributed by atoms with Crippen LogP contribution in [0, 0.1) is 34.5 Å². The summed E-state index contributed by atoms with van der Waals surface area (Å²) < 4.78 is 5.24. The highest BCUT2D eigenvalue weighted by molar-refractivity contribution is 6.30. The van der Waals surface area contributed by atoms with Crippen LogP contribution in [0.4, 0.5) is 0 Å². The number of carbonyl (C=O) groups is 2. The summed E-state index contributed by atoms with van der Waals surface area (Å²) >= 11 is 6.75. The van der Waals surface area contributed by atoms with Crippen molar-refractivity contribution < 1.29 is 14.3 Å². The number of hydrogen-bond acceptors (Lipinski definition) is 3. The van der Waals surface area contributed by atoms with E-state index in [4.69, 9.17) is 16.3 Å². The van der Waals surface area contributed by atoms with Gasteiger partial charge in [-0.1, -0.05) is 25.4 Å². The van der Waals surface area contributed by atoms with E-state index in [2.05, 4.69) is 19.2 Å². The summed E-state index contributed by atoms with van der Waals surface area (Å²) in [6, 6.07) is 0. The van der Waals surface area contributed by atoms with Crippen molar-refractivity contribution in [3.05, 3.63) is 10.7 Å². The number of carbonyl (C=O) groups excluding carboxylic acids is 2. The Balaban J connectivity index is 1.60. The number of hydrogen-bond donors (Lipinski definition) is 1. The normalized spacial score (nSPS) is 43.5. The number of nitrogens with one attached hydrogen (secondary N) is 1. The molecule has 0 aromatic carbocycles. The van der Waals surface area contributed by atoms with Crippen molar-refractivity contribution in [2.24, 2.45) is 34.5 Å². The fraction of sp³-hybridized carbons (Fsp3) is 0.818. The maximum atomic E-state index is 12.1. The molecule has 3 aliphatic carbocycles. The van der Waals surface area contributed by atoms with E-state index in [0.717, 1.165) is 42.8 Å². The van der Waals surface area contributed by atoms with Gasteiger partial charge in [0.2, 0.25) is 5.91 Å². The van der Waals surface area contributed by atoms with E-state index in [-0.39, 0.29) is 22.7 Å². The van der Waals surface area contributed by atoms with Gasteiger partial charge in [0.15, 0.2) is 0 Å². The monoisotopic (exact) mass is 393 g/mol. The van der Waals surface area contributed by atoms with Crippen molar-refractivity contribution in [1.82, 2.24) is 5.32 Å². The molecule has 1 saturated heterocycles. The smallest absolute Gasteiger partial charge is 0.306 e. The number of rotatable bonds is 3. The van der Waals surface area contributed by atoms with Crippen LogP contribution >= 0.6 is 11.6 Å². The highest BCUT2D eigenvalue weighted by Crippen LogP contribution is 2.66. The van der Waals surface area contributed by atoms with E-state index < -0.39 is 0 Å². The van der Waals surface area contributed by atoms with E-state index in [1.807, 2.05) is 6.92 Å². The predicted octanol–water partition coefficient (Wildman–Crippen LogP) is 4.77. The fourth-order valence-electron chi connectivity index (χ4n) is 7.13. The molecule has 150 valence electrons. The van der Waals surface area contributed by atoms with Gasteiger partial charge in [0.1, 0.15) is 0 Å². The first-order valence-corrected chi connectivity index (χ1v) is 11.0. The molecule has 4 rings (SSSR count). The lowest BCUT2D eigenvalue weighted by Crippen LogP contribution is -2.54. The van der Waals surface area contributed by atoms with Crippen molar-refractivity contribution in [3.63, 3.8) is 0 Å². The van der Waals surface area contributed by atoms with Gasteiger partial charge in [-0.05, 0) is 74.5 Å². The van der Waals surface area contributed by atoms with Crippen molar-refractivity contribution in [2.75, 3.05) is 6.61 Å². The fourth-order valence-corrected chi connectivity index (χ4v) is 7.57. The molecule has 0 spiro atoms. The average Bonchev–Trinajstić information content (AvgIpc) is 2.94. The topological polar surface area (TPSA) is 55.4 Å². The van der Waals surface area contributed by atoms with Crippen LogP contribution in [0.2, 0.25) is 0 Å². The van der Waals surface area contributed by atoms with Gasteiger partial charge < -0.3 is 10.1 Å². The lowest BCUT2D eigenvalue weighted by molar-refractivity contribution is -0.146. The molecule has 1 N–H and O–H groups in total. The average molecular weight is 394 g/mol. The zero-order valence-electron chi connectivity index (χ0n) is 16.8. The van der Waals surface area contributed by atoms with Crippen molar-refractivity contribution in [3.8, 4) is 0 Å². The van der Waals surface area contributed by atoms with Crippen molar-refractivity contribution in [1.29, 1.82) is 0 Å². The molecule has 1 heterocycles. The molecule has 6 atom stereocenters. The van der Waals surface area contributed by atoms with Gasteiger partial charge >= 0.3 is 5.97 Å². The molecule has 0 aromatic rings. The molecular weight excluding hydrogens is 362 g/mol. The molecule has 6 unspecified atom stereocenters. The molecule has 27 heavy (non-hydrogen) atoms. The van der Waals surface area contributed by atoms with E-state index in [9.17, 15) is 9.59 Å². The van der Waals surface area contributed by atoms with Gasteiger partial charge in [-0.15, -0.1) is 0 Å². The SMILES string of the molecule is CCOC(=O)CC1CCC2C3CC(Cl)=C4NC(=O)CCC4(C)C3CCC12C. The largest absolute Gasteiger partial charge is 0.466 e. The number of esters is 1. The van der Waals surface area contributed by atoms with E-state index in [1.54, 1.807) is 0 Å². The quantitative estimate of drug-likeness (QED) is 0.702. The number of fused-ring (bicyclic) bond motifs is 5. The lowest BCUT2D eigenvalue weighted by atomic mass is 9.49. The second-order valence-corrected chi connectivity index (χ2v) is 10.1. The number of ether oxygens (including phenoxy) is 1. The highest BCUT2D eigenvalue weighted by atomic mass is 35.5. The molecule has 4 aliphatic rings. The Bertz CT molecular complexity index is 689. The summed E-state index contributed by atoms with van der Waals surface area (Å²) in [6.45, 7) is 7.06. The van der Waals surface area contributed by atoms with Crippen LogP contribution in [0.15, 0.2) is 10.7 Å². The summed E-state index contributed by atoms with van der Waals surface area (Å²) in [6.07, 6.45) is 7.56. The third-order valence-electron chi connectivity index (χ3n) is 8.56. The van der Waals surface area contributed by atoms with Crippen LogP contribution in [0.25, 0.3) is 0 Å². The van der Waals surface area contributed by atoms with Crippen LogP contribution in [0.1, 0.15) is 72.1 Å². The maximum Gasteiger partial charge on any atom is 0.306 e. The van der Waals surface area contributed by atoms with Gasteiger partial charge in [-0.2, -0.15) is 0 Å². The number of amides is 1. The summed E-state index contributed by atoms with van der Waals surface area (Å²) in [5.41, 5.74) is 1.21. The second-order valence-electron chi connectivity index (χ2n) is 9.65. The van der Waals surface area contributed by atoms with Crippen LogP contribution in [0.3, 0.4) is 0 Å². The molecule has 4 nitrogen and oxygen atoms in total. The summed E-state index contributed by atoms with van der Waals surface area (Å²) in [5.74, 6) is 2.24. The minimum absolute atomic E-state index is 0.00549. The molecule has 1 aliphatic heterocycles. The summed E-state index contributed by atoms with van der Waals surface area (Å²) in [4.78, 5) is 24.1. The van der Waals surface area contributed by atoms with Gasteiger partial charge in [0.25, 0.3) is 0 Å². The van der Waals surface area contributed by atoms with Gasteiger partial charge in [-0.3, -0.25) is 9.59 Å². The number of halogens is 1. The zero-order valence-corrected chi connectivity index (χ0v) is 17.5. The van der Waals surface area contributed by atoms with E-state index >= 15 is 0 Å². The minimum atomic E-state index is -0.0442. The van der Waals surface area contributed by atoms with E-state index in [1.165, 1.54) is 6.42 Å². The van der Waals surface area contributed by atoms with Crippen LogP contribution in [0.5, 0.6) is 0 Å². The van der Waals surface area contributed by atoms with Crippen LogP contribution in [-0.2, 0) is 14.3 Å². The molecule has 1 amide bonds.